The fourth-order valence-electron chi connectivity index (χ4n) is 3.21. The Morgan fingerprint density at radius 1 is 0.861 bits per heavy atom. The van der Waals surface area contributed by atoms with E-state index in [0.29, 0.717) is 29.1 Å². The maximum absolute atomic E-state index is 13.1. The number of amides is 2. The Morgan fingerprint density at radius 2 is 1.50 bits per heavy atom. The number of alkyl halides is 6. The first-order chi connectivity index (χ1) is 16.9. The molecule has 0 atom stereocenters. The summed E-state index contributed by atoms with van der Waals surface area (Å²) in [7, 11) is 0. The molecule has 0 aliphatic carbocycles. The number of benzene rings is 2. The lowest BCUT2D eigenvalue weighted by Crippen LogP contribution is -2.22. The summed E-state index contributed by atoms with van der Waals surface area (Å²) in [6.45, 7) is 0. The Kier molecular flexibility index (Phi) is 6.76. The van der Waals surface area contributed by atoms with Crippen LogP contribution in [0.1, 0.15) is 11.1 Å². The van der Waals surface area contributed by atoms with E-state index < -0.39 is 35.2 Å². The molecule has 13 heteroatoms. The molecule has 186 valence electrons. The van der Waals surface area contributed by atoms with Crippen molar-refractivity contribution in [2.24, 2.45) is 0 Å². The molecule has 0 radical (unpaired) electrons. The fraction of sp³-hybridized carbons (Fsp3) is 0.0870. The van der Waals surface area contributed by atoms with Crippen molar-refractivity contribution in [2.45, 2.75) is 12.4 Å². The zero-order valence-corrected chi connectivity index (χ0v) is 19.4. The maximum Gasteiger partial charge on any atom is 0.416 e. The lowest BCUT2D eigenvalue weighted by atomic mass is 10.1. The first kappa shape index (κ1) is 25.2. The van der Waals surface area contributed by atoms with Gasteiger partial charge in [-0.3, -0.25) is 10.3 Å². The predicted molar refractivity (Wildman–Crippen MR) is 124 cm³/mol. The largest absolute Gasteiger partial charge is 0.416 e. The first-order valence-corrected chi connectivity index (χ1v) is 10.8. The van der Waals surface area contributed by atoms with Crippen LogP contribution in [0.5, 0.6) is 0 Å². The molecule has 0 saturated heterocycles. The topological polar surface area (TPSA) is 71.8 Å². The molecule has 4 aromatic rings. The number of hydrogen-bond donors (Lipinski definition) is 2. The third-order valence-corrected chi connectivity index (χ3v) is 5.35. The molecule has 2 heterocycles. The van der Waals surface area contributed by atoms with E-state index >= 15 is 0 Å². The number of hydrogen-bond acceptors (Lipinski definition) is 3. The Morgan fingerprint density at radius 3 is 2.06 bits per heavy atom. The zero-order chi connectivity index (χ0) is 26.1. The summed E-state index contributed by atoms with van der Waals surface area (Å²) < 4.78 is 81.0. The smallest absolute Gasteiger partial charge is 0.308 e. The van der Waals surface area contributed by atoms with E-state index in [9.17, 15) is 31.1 Å². The van der Waals surface area contributed by atoms with Crippen LogP contribution in [0.4, 0.5) is 42.6 Å². The molecule has 0 aliphatic heterocycles. The van der Waals surface area contributed by atoms with Gasteiger partial charge in [0, 0.05) is 34.2 Å². The van der Waals surface area contributed by atoms with Gasteiger partial charge < -0.3 is 5.32 Å². The van der Waals surface area contributed by atoms with E-state index in [1.54, 1.807) is 48.8 Å². The number of aromatic nitrogens is 3. The van der Waals surface area contributed by atoms with Gasteiger partial charge in [0.1, 0.15) is 5.82 Å². The minimum absolute atomic E-state index is 0.0220. The second-order valence-corrected chi connectivity index (χ2v) is 8.33. The van der Waals surface area contributed by atoms with Crippen LogP contribution in [0.3, 0.4) is 0 Å². The van der Waals surface area contributed by atoms with Crippen LogP contribution in [-0.2, 0) is 12.4 Å². The highest BCUT2D eigenvalue weighted by Crippen LogP contribution is 2.37. The first-order valence-electron chi connectivity index (χ1n) is 10.0. The third kappa shape index (κ3) is 5.85. The van der Waals surface area contributed by atoms with Crippen molar-refractivity contribution in [2.75, 3.05) is 10.6 Å². The molecule has 2 aromatic heterocycles. The summed E-state index contributed by atoms with van der Waals surface area (Å²) in [4.78, 5) is 16.7. The highest BCUT2D eigenvalue weighted by Gasteiger charge is 2.37. The van der Waals surface area contributed by atoms with Crippen LogP contribution in [0.2, 0.25) is 0 Å². The minimum Gasteiger partial charge on any atom is -0.308 e. The standard InChI is InChI=1S/C23H14BrF6N5O/c24-16-3-5-18(6-4-16)35-20(11-19(34-35)13-2-1-7-31-12-13)33-21(36)32-17-9-14(22(25,26)27)8-15(10-17)23(28,29)30/h1-12H,(H2,32,33,36). The van der Waals surface area contributed by atoms with Crippen LogP contribution in [-0.4, -0.2) is 20.8 Å². The summed E-state index contributed by atoms with van der Waals surface area (Å²) in [5, 5.41) is 8.93. The van der Waals surface area contributed by atoms with E-state index in [1.807, 2.05) is 5.32 Å². The summed E-state index contributed by atoms with van der Waals surface area (Å²) in [5.41, 5.74) is -2.22. The number of nitrogens with zero attached hydrogens (tertiary/aromatic N) is 3. The highest BCUT2D eigenvalue weighted by atomic mass is 79.9. The molecule has 0 unspecified atom stereocenters. The molecular formula is C23H14BrF6N5O. The van der Waals surface area contributed by atoms with E-state index in [2.05, 4.69) is 31.3 Å². The normalized spacial score (nSPS) is 11.9. The monoisotopic (exact) mass is 569 g/mol. The number of pyridine rings is 1. The molecule has 0 fully saturated rings. The maximum atomic E-state index is 13.1. The van der Waals surface area contributed by atoms with Crippen LogP contribution in [0.15, 0.2) is 77.5 Å². The molecular weight excluding hydrogens is 556 g/mol. The molecule has 2 amide bonds. The van der Waals surface area contributed by atoms with Crippen molar-refractivity contribution in [3.8, 4) is 16.9 Å². The molecule has 0 spiro atoms. The van der Waals surface area contributed by atoms with Crippen LogP contribution in [0, 0.1) is 0 Å². The number of carbonyl (C=O) groups excluding carboxylic acids is 1. The predicted octanol–water partition coefficient (Wildman–Crippen LogP) is 7.38. The number of carbonyl (C=O) groups is 1. The zero-order valence-electron chi connectivity index (χ0n) is 17.8. The van der Waals surface area contributed by atoms with Gasteiger partial charge in [-0.25, -0.2) is 9.48 Å². The summed E-state index contributed by atoms with van der Waals surface area (Å²) in [6.07, 6.45) is -6.99. The van der Waals surface area contributed by atoms with E-state index in [-0.39, 0.29) is 11.9 Å². The van der Waals surface area contributed by atoms with Gasteiger partial charge in [-0.1, -0.05) is 15.9 Å². The molecule has 2 N–H and O–H groups in total. The van der Waals surface area contributed by atoms with Gasteiger partial charge in [-0.05, 0) is 54.6 Å². The Hall–Kier alpha value is -3.87. The molecule has 2 aromatic carbocycles. The average Bonchev–Trinajstić information content (AvgIpc) is 3.22. The SMILES string of the molecule is O=C(Nc1cc(C(F)(F)F)cc(C(F)(F)F)c1)Nc1cc(-c2cccnc2)nn1-c1ccc(Br)cc1. The lowest BCUT2D eigenvalue weighted by Gasteiger charge is -2.15. The molecule has 36 heavy (non-hydrogen) atoms. The Bertz CT molecular complexity index is 1350. The van der Waals surface area contributed by atoms with Gasteiger partial charge >= 0.3 is 18.4 Å². The van der Waals surface area contributed by atoms with Gasteiger partial charge in [-0.15, -0.1) is 0 Å². The van der Waals surface area contributed by atoms with Crippen LogP contribution in [0.25, 0.3) is 16.9 Å². The van der Waals surface area contributed by atoms with Crippen molar-refractivity contribution < 1.29 is 31.1 Å². The number of halogens is 7. The van der Waals surface area contributed by atoms with Gasteiger partial charge in [0.25, 0.3) is 0 Å². The molecule has 6 nitrogen and oxygen atoms in total. The van der Waals surface area contributed by atoms with Crippen molar-refractivity contribution >= 4 is 33.5 Å². The molecule has 4 rings (SSSR count). The van der Waals surface area contributed by atoms with Crippen LogP contribution < -0.4 is 10.6 Å². The molecule has 0 bridgehead atoms. The van der Waals surface area contributed by atoms with E-state index in [4.69, 9.17) is 0 Å². The van der Waals surface area contributed by atoms with E-state index in [1.165, 1.54) is 10.7 Å². The second kappa shape index (κ2) is 9.64. The van der Waals surface area contributed by atoms with Gasteiger partial charge in [-0.2, -0.15) is 31.4 Å². The number of nitrogens with one attached hydrogen (secondary N) is 2. The van der Waals surface area contributed by atoms with Crippen molar-refractivity contribution in [1.29, 1.82) is 0 Å². The number of rotatable bonds is 4. The lowest BCUT2D eigenvalue weighted by molar-refractivity contribution is -0.143. The van der Waals surface area contributed by atoms with Crippen molar-refractivity contribution in [1.82, 2.24) is 14.8 Å². The fourth-order valence-corrected chi connectivity index (χ4v) is 3.47. The number of urea groups is 1. The van der Waals surface area contributed by atoms with Crippen molar-refractivity contribution in [3.05, 3.63) is 88.7 Å². The molecule has 0 saturated carbocycles. The second-order valence-electron chi connectivity index (χ2n) is 7.42. The Balaban J connectivity index is 1.67. The summed E-state index contributed by atoms with van der Waals surface area (Å²) >= 11 is 3.32. The quantitative estimate of drug-likeness (QED) is 0.252. The van der Waals surface area contributed by atoms with Crippen molar-refractivity contribution in [3.63, 3.8) is 0 Å². The van der Waals surface area contributed by atoms with E-state index in [0.717, 1.165) is 4.47 Å². The minimum atomic E-state index is -5.05. The van der Waals surface area contributed by atoms with Crippen LogP contribution >= 0.6 is 15.9 Å². The molecule has 0 aliphatic rings. The van der Waals surface area contributed by atoms with Gasteiger partial charge in [0.2, 0.25) is 0 Å². The summed E-state index contributed by atoms with van der Waals surface area (Å²) in [6, 6.07) is 11.5. The number of anilines is 2. The summed E-state index contributed by atoms with van der Waals surface area (Å²) in [5.74, 6) is 0.108. The Labute approximate surface area is 208 Å². The van der Waals surface area contributed by atoms with Gasteiger partial charge in [0.05, 0.1) is 22.5 Å². The average molecular weight is 570 g/mol. The third-order valence-electron chi connectivity index (χ3n) is 4.82. The highest BCUT2D eigenvalue weighted by molar-refractivity contribution is 9.10. The van der Waals surface area contributed by atoms with Gasteiger partial charge in [0.15, 0.2) is 0 Å².